The molecule has 4 aromatic rings. The fourth-order valence-electron chi connectivity index (χ4n) is 12.6. The minimum Gasteiger partial charge on any atom is -0.472 e. The Labute approximate surface area is 351 Å². The molecule has 1 aliphatic carbocycles. The van der Waals surface area contributed by atoms with E-state index in [1.807, 2.05) is 19.1 Å². The summed E-state index contributed by atoms with van der Waals surface area (Å²) < 4.78 is 47.5. The van der Waals surface area contributed by atoms with Crippen molar-refractivity contribution < 1.29 is 28.2 Å². The molecule has 2 aromatic heterocycles. The second kappa shape index (κ2) is 13.9. The monoisotopic (exact) mass is 832 g/mol. The van der Waals surface area contributed by atoms with Crippen LogP contribution in [0.1, 0.15) is 86.1 Å². The van der Waals surface area contributed by atoms with Crippen LogP contribution in [0, 0.1) is 29.0 Å². The van der Waals surface area contributed by atoms with Crippen LogP contribution in [0.15, 0.2) is 42.5 Å². The molecule has 2 aromatic carbocycles. The number of anilines is 1. The number of rotatable bonds is 7. The number of hydrogen-bond acceptors (Lipinski definition) is 8. The Bertz CT molecular complexity index is 2530. The van der Waals surface area contributed by atoms with Crippen molar-refractivity contribution in [3.05, 3.63) is 59.7 Å². The highest BCUT2D eigenvalue weighted by Gasteiger charge is 2.62. The van der Waals surface area contributed by atoms with Crippen molar-refractivity contribution in [3.8, 4) is 34.6 Å². The average molecular weight is 833 g/mol. The third-order valence-electron chi connectivity index (χ3n) is 15.2. The lowest BCUT2D eigenvalue weighted by atomic mass is 9.92. The van der Waals surface area contributed by atoms with Crippen LogP contribution in [0.2, 0.25) is 16.6 Å². The molecule has 6 aliphatic rings. The first-order chi connectivity index (χ1) is 28.6. The number of carboxylic acid groups (broad SMARTS) is 1. The number of benzene rings is 2. The lowest BCUT2D eigenvalue weighted by Gasteiger charge is -2.47. The number of nitrogens with zero attached hydrogens (tertiary/aromatic N) is 6. The summed E-state index contributed by atoms with van der Waals surface area (Å²) in [6.45, 7) is 21.1. The van der Waals surface area contributed by atoms with Crippen LogP contribution in [0.4, 0.5) is 19.4 Å². The topological polar surface area (TPSA) is 104 Å². The van der Waals surface area contributed by atoms with Crippen LogP contribution >= 0.6 is 0 Å². The average Bonchev–Trinajstić information content (AvgIpc) is 3.67. The van der Waals surface area contributed by atoms with Crippen LogP contribution in [0.3, 0.4) is 0 Å². The van der Waals surface area contributed by atoms with Gasteiger partial charge < -0.3 is 19.5 Å². The molecule has 0 radical (unpaired) electrons. The number of piperidine rings is 1. The third-order valence-corrected chi connectivity index (χ3v) is 21.5. The number of aromatic nitrogens is 3. The van der Waals surface area contributed by atoms with Crippen molar-refractivity contribution in [1.29, 1.82) is 0 Å². The summed E-state index contributed by atoms with van der Waals surface area (Å²) in [5.74, 6) is 3.39. The maximum atomic E-state index is 17.8. The summed E-state index contributed by atoms with van der Waals surface area (Å²) in [6, 6.07) is 8.12. The first-order valence-corrected chi connectivity index (χ1v) is 24.0. The van der Waals surface area contributed by atoms with Crippen LogP contribution in [-0.4, -0.2) is 99.5 Å². The van der Waals surface area contributed by atoms with E-state index in [9.17, 15) is 9.90 Å². The highest BCUT2D eigenvalue weighted by atomic mass is 28.3. The smallest absolute Gasteiger partial charge is 0.407 e. The highest BCUT2D eigenvalue weighted by Crippen LogP contribution is 2.58. The lowest BCUT2D eigenvalue weighted by molar-refractivity contribution is 0.0705. The first-order valence-electron chi connectivity index (χ1n) is 21.8. The van der Waals surface area contributed by atoms with Crippen molar-refractivity contribution in [2.45, 2.75) is 133 Å². The summed E-state index contributed by atoms with van der Waals surface area (Å²) >= 11 is 0. The molecule has 13 heteroatoms. The van der Waals surface area contributed by atoms with Gasteiger partial charge in [-0.1, -0.05) is 83.9 Å². The SMILES string of the molecule is C=C1CN2[C@H]3C[C@H]3CC2(COc2nc3c4c(nc(-c5cccc6ccc(F)c(C#C[Si](C(C)C)(C(C)C)C(C)C)c56)c(F)c4n2)OC(C)C2C4CCC(CN32)N4C(=O)O)C1. The molecule has 5 unspecified atom stereocenters. The summed E-state index contributed by atoms with van der Waals surface area (Å²) in [5, 5.41) is 11.8. The summed E-state index contributed by atoms with van der Waals surface area (Å²) in [4.78, 5) is 33.6. The molecule has 1 saturated carbocycles. The maximum absolute atomic E-state index is 17.8. The van der Waals surface area contributed by atoms with E-state index in [1.54, 1.807) is 17.0 Å². The van der Waals surface area contributed by atoms with Gasteiger partial charge in [-0.25, -0.2) is 18.6 Å². The number of carbonyl (C=O) groups is 1. The summed E-state index contributed by atoms with van der Waals surface area (Å²) in [6.07, 6.45) is 2.88. The fraction of sp³-hybridized carbons (Fsp3) is 0.532. The van der Waals surface area contributed by atoms with E-state index in [0.29, 0.717) is 82.1 Å². The normalized spacial score (nSPS) is 27.9. The van der Waals surface area contributed by atoms with E-state index in [-0.39, 0.29) is 46.3 Å². The Hall–Kier alpha value is -4.80. The van der Waals surface area contributed by atoms with E-state index in [0.717, 1.165) is 19.4 Å². The number of amides is 1. The zero-order chi connectivity index (χ0) is 42.2. The molecule has 1 N–H and O–H groups in total. The number of ether oxygens (including phenoxy) is 2. The van der Waals surface area contributed by atoms with Gasteiger partial charge in [-0.2, -0.15) is 9.97 Å². The maximum Gasteiger partial charge on any atom is 0.407 e. The van der Waals surface area contributed by atoms with Gasteiger partial charge in [0.1, 0.15) is 49.0 Å². The van der Waals surface area contributed by atoms with Gasteiger partial charge in [0, 0.05) is 30.1 Å². The van der Waals surface area contributed by atoms with Gasteiger partial charge in [-0.05, 0) is 73.0 Å². The molecule has 60 heavy (non-hydrogen) atoms. The second-order valence-corrected chi connectivity index (χ2v) is 25.0. The molecule has 10 nitrogen and oxygen atoms in total. The molecule has 5 aliphatic heterocycles. The van der Waals surface area contributed by atoms with Crippen LogP contribution in [0.25, 0.3) is 32.9 Å². The molecule has 314 valence electrons. The van der Waals surface area contributed by atoms with Gasteiger partial charge in [0.2, 0.25) is 5.88 Å². The Balaban J connectivity index is 1.16. The van der Waals surface area contributed by atoms with E-state index < -0.39 is 37.9 Å². The molecule has 10 rings (SSSR count). The van der Waals surface area contributed by atoms with E-state index >= 15 is 8.78 Å². The standard InChI is InChI=1S/C47H54F2N6O4Si/c1-24(2)60(25(3)4,26(5)6)17-16-32-34(48)14-12-29-10-9-11-33(37(29)32)40-39(49)41-38-43(52-45(51-41)58-23-47-19-27(7)21-54(47)36-18-30(36)20-47)53-22-31-13-15-35(55(31)46(56)57)42(53)28(8)59-44(38)50-40/h9-12,14,24-26,28,30-31,35-36,42H,7,13,15,18-23H2,1-6,8H3,(H,56,57)/t28?,30-,31?,35?,36-,42?,47?/m0/s1. The van der Waals surface area contributed by atoms with Gasteiger partial charge in [0.15, 0.2) is 5.82 Å². The number of halogens is 2. The second-order valence-electron chi connectivity index (χ2n) is 19.4. The Morgan fingerprint density at radius 1 is 1.05 bits per heavy atom. The largest absolute Gasteiger partial charge is 0.472 e. The number of hydrogen-bond donors (Lipinski definition) is 1. The quantitative estimate of drug-likeness (QED) is 0.111. The predicted octanol–water partition coefficient (Wildman–Crippen LogP) is 9.34. The van der Waals surface area contributed by atoms with E-state index in [1.165, 1.54) is 18.1 Å². The molecule has 0 spiro atoms. The number of pyridine rings is 1. The van der Waals surface area contributed by atoms with E-state index in [4.69, 9.17) is 24.4 Å². The molecule has 2 bridgehead atoms. The van der Waals surface area contributed by atoms with Gasteiger partial charge in [0.05, 0.1) is 29.2 Å². The Kier molecular flexibility index (Phi) is 9.09. The first kappa shape index (κ1) is 39.3. The highest BCUT2D eigenvalue weighted by molar-refractivity contribution is 6.90. The summed E-state index contributed by atoms with van der Waals surface area (Å²) in [5.41, 5.74) is 6.19. The van der Waals surface area contributed by atoms with Crippen molar-refractivity contribution in [3.63, 3.8) is 0 Å². The molecular weight excluding hydrogens is 779 g/mol. The Morgan fingerprint density at radius 3 is 2.55 bits per heavy atom. The van der Waals surface area contributed by atoms with Gasteiger partial charge in [0.25, 0.3) is 0 Å². The number of piperazine rings is 1. The zero-order valence-corrected chi connectivity index (χ0v) is 36.6. The molecule has 7 heterocycles. The predicted molar refractivity (Wildman–Crippen MR) is 231 cm³/mol. The minimum atomic E-state index is -2.28. The molecule has 7 atom stereocenters. The number of fused-ring (bicyclic) bond motifs is 9. The van der Waals surface area contributed by atoms with Crippen molar-refractivity contribution in [2.75, 3.05) is 24.6 Å². The summed E-state index contributed by atoms with van der Waals surface area (Å²) in [7, 11) is -2.28. The molecular formula is C47H54F2N6O4Si. The molecule has 5 fully saturated rings. The van der Waals surface area contributed by atoms with E-state index in [2.05, 4.69) is 69.4 Å². The van der Waals surface area contributed by atoms with Crippen LogP contribution in [0.5, 0.6) is 11.9 Å². The lowest BCUT2D eigenvalue weighted by Crippen LogP contribution is -2.64. The molecule has 1 amide bonds. The van der Waals surface area contributed by atoms with Gasteiger partial charge >= 0.3 is 12.1 Å². The zero-order valence-electron chi connectivity index (χ0n) is 35.6. The van der Waals surface area contributed by atoms with Gasteiger partial charge in [-0.15, -0.1) is 5.54 Å². The van der Waals surface area contributed by atoms with Crippen LogP contribution < -0.4 is 14.4 Å². The fourth-order valence-corrected chi connectivity index (χ4v) is 17.8. The van der Waals surface area contributed by atoms with Gasteiger partial charge in [-0.3, -0.25) is 9.80 Å². The van der Waals surface area contributed by atoms with Crippen molar-refractivity contribution in [2.24, 2.45) is 5.92 Å². The van der Waals surface area contributed by atoms with Crippen molar-refractivity contribution in [1.82, 2.24) is 24.8 Å². The Morgan fingerprint density at radius 2 is 1.82 bits per heavy atom. The van der Waals surface area contributed by atoms with Crippen LogP contribution in [-0.2, 0) is 0 Å². The minimum absolute atomic E-state index is 0.0118. The third kappa shape index (κ3) is 5.72. The molecule has 4 saturated heterocycles. The van der Waals surface area contributed by atoms with Crippen molar-refractivity contribution >= 4 is 41.7 Å².